The smallest absolute Gasteiger partial charge is 0.268 e. The number of aromatic nitrogens is 2. The van der Waals surface area contributed by atoms with E-state index in [0.717, 1.165) is 5.56 Å². The molecule has 4 aromatic rings. The lowest BCUT2D eigenvalue weighted by atomic mass is 10.2. The van der Waals surface area contributed by atoms with Gasteiger partial charge in [0.2, 0.25) is 15.8 Å². The topological polar surface area (TPSA) is 89.4 Å². The van der Waals surface area contributed by atoms with Crippen LogP contribution in [0.5, 0.6) is 0 Å². The van der Waals surface area contributed by atoms with Crippen LogP contribution in [-0.4, -0.2) is 29.9 Å². The molecule has 0 unspecified atom stereocenters. The van der Waals surface area contributed by atoms with E-state index in [1.165, 1.54) is 29.0 Å². The maximum Gasteiger partial charge on any atom is 0.268 e. The molecule has 0 aliphatic carbocycles. The zero-order valence-corrected chi connectivity index (χ0v) is 16.8. The Balaban J connectivity index is 1.63. The maximum absolute atomic E-state index is 13.0. The Kier molecular flexibility index (Phi) is 4.88. The Morgan fingerprint density at radius 3 is 2.64 bits per heavy atom. The van der Waals surface area contributed by atoms with Crippen molar-refractivity contribution >= 4 is 21.4 Å². The van der Waals surface area contributed by atoms with Crippen molar-refractivity contribution in [3.8, 4) is 22.2 Å². The maximum atomic E-state index is 13.0. The lowest BCUT2D eigenvalue weighted by molar-refractivity contribution is 0.406. The molecular weight excluding hydrogens is 398 g/mol. The van der Waals surface area contributed by atoms with E-state index in [9.17, 15) is 8.42 Å². The number of nitrogens with zero attached hydrogens (tertiary/aromatic N) is 3. The zero-order valence-electron chi connectivity index (χ0n) is 15.2. The van der Waals surface area contributed by atoms with Crippen LogP contribution in [0.3, 0.4) is 0 Å². The zero-order chi connectivity index (χ0) is 19.7. The fraction of sp³-hybridized carbons (Fsp3) is 0.158. The summed E-state index contributed by atoms with van der Waals surface area (Å²) >= 11 is 1.30. The van der Waals surface area contributed by atoms with Crippen molar-refractivity contribution in [2.45, 2.75) is 18.4 Å². The van der Waals surface area contributed by atoms with Crippen LogP contribution in [0.4, 0.5) is 0 Å². The highest BCUT2D eigenvalue weighted by Crippen LogP contribution is 2.35. The molecule has 0 N–H and O–H groups in total. The third kappa shape index (κ3) is 3.51. The second kappa shape index (κ2) is 7.34. The van der Waals surface area contributed by atoms with Crippen molar-refractivity contribution in [1.29, 1.82) is 0 Å². The van der Waals surface area contributed by atoms with Gasteiger partial charge in [0, 0.05) is 17.5 Å². The van der Waals surface area contributed by atoms with Crippen LogP contribution in [0.15, 0.2) is 68.6 Å². The molecule has 1 aromatic carbocycles. The third-order valence-electron chi connectivity index (χ3n) is 4.19. The van der Waals surface area contributed by atoms with Gasteiger partial charge in [-0.05, 0) is 25.1 Å². The first kappa shape index (κ1) is 18.6. The fourth-order valence-electron chi connectivity index (χ4n) is 2.73. The van der Waals surface area contributed by atoms with Gasteiger partial charge in [-0.1, -0.05) is 35.5 Å². The highest BCUT2D eigenvalue weighted by molar-refractivity contribution is 7.89. The summed E-state index contributed by atoms with van der Waals surface area (Å²) in [6, 6.07) is 14.5. The summed E-state index contributed by atoms with van der Waals surface area (Å²) in [5, 5.41) is 4.00. The van der Waals surface area contributed by atoms with Gasteiger partial charge >= 0.3 is 0 Å². The van der Waals surface area contributed by atoms with E-state index in [1.54, 1.807) is 25.1 Å². The molecule has 0 atom stereocenters. The molecule has 0 aliphatic rings. The second-order valence-corrected chi connectivity index (χ2v) is 9.43. The van der Waals surface area contributed by atoms with Crippen LogP contribution >= 0.6 is 11.3 Å². The molecule has 0 amide bonds. The van der Waals surface area contributed by atoms with Crippen LogP contribution < -0.4 is 0 Å². The minimum atomic E-state index is -3.68. The number of aryl methyl sites for hydroxylation is 1. The molecule has 0 spiro atoms. The Bertz CT molecular complexity index is 1180. The summed E-state index contributed by atoms with van der Waals surface area (Å²) in [4.78, 5) is 5.89. The van der Waals surface area contributed by atoms with E-state index in [4.69, 9.17) is 8.94 Å². The molecule has 9 heteroatoms. The lowest BCUT2D eigenvalue weighted by Crippen LogP contribution is -2.26. The summed E-state index contributed by atoms with van der Waals surface area (Å²) in [5.41, 5.74) is 0.830. The van der Waals surface area contributed by atoms with Crippen molar-refractivity contribution in [3.63, 3.8) is 0 Å². The predicted molar refractivity (Wildman–Crippen MR) is 105 cm³/mol. The van der Waals surface area contributed by atoms with E-state index in [0.29, 0.717) is 27.2 Å². The number of benzene rings is 1. The molecule has 144 valence electrons. The van der Waals surface area contributed by atoms with Crippen molar-refractivity contribution in [3.05, 3.63) is 65.4 Å². The van der Waals surface area contributed by atoms with Gasteiger partial charge < -0.3 is 8.94 Å². The number of furan rings is 1. The van der Waals surface area contributed by atoms with Gasteiger partial charge in [-0.2, -0.15) is 9.29 Å². The van der Waals surface area contributed by atoms with Crippen LogP contribution in [0.1, 0.15) is 10.6 Å². The highest BCUT2D eigenvalue weighted by atomic mass is 32.2. The van der Waals surface area contributed by atoms with Crippen molar-refractivity contribution in [1.82, 2.24) is 14.4 Å². The van der Waals surface area contributed by atoms with Crippen molar-refractivity contribution in [2.24, 2.45) is 0 Å². The van der Waals surface area contributed by atoms with Crippen LogP contribution in [0.25, 0.3) is 22.2 Å². The van der Waals surface area contributed by atoms with Crippen molar-refractivity contribution < 1.29 is 17.4 Å². The SMILES string of the molecule is Cc1sc(-c2nc(-c3ccccc3)no2)cc1S(=O)(=O)N(C)Cc1ccco1. The standard InChI is InChI=1S/C19H17N3O4S2/c1-13-17(28(23,24)22(2)12-15-9-6-10-25-15)11-16(27-13)19-20-18(21-26-19)14-7-4-3-5-8-14/h3-11H,12H2,1-2H3. The first-order chi connectivity index (χ1) is 13.4. The summed E-state index contributed by atoms with van der Waals surface area (Å²) in [5.74, 6) is 1.33. The van der Waals surface area contributed by atoms with Crippen LogP contribution in [0, 0.1) is 6.92 Å². The van der Waals surface area contributed by atoms with Gasteiger partial charge in [0.15, 0.2) is 0 Å². The highest BCUT2D eigenvalue weighted by Gasteiger charge is 2.27. The Morgan fingerprint density at radius 2 is 1.93 bits per heavy atom. The van der Waals surface area contributed by atoms with E-state index in [1.807, 2.05) is 30.3 Å². The number of hydrogen-bond acceptors (Lipinski definition) is 7. The molecular formula is C19H17N3O4S2. The third-order valence-corrected chi connectivity index (χ3v) is 7.29. The first-order valence-electron chi connectivity index (χ1n) is 8.44. The Hall–Kier alpha value is -2.75. The van der Waals surface area contributed by atoms with E-state index in [-0.39, 0.29) is 11.4 Å². The minimum Gasteiger partial charge on any atom is -0.468 e. The van der Waals surface area contributed by atoms with Gasteiger partial charge in [0.1, 0.15) is 5.76 Å². The Morgan fingerprint density at radius 1 is 1.14 bits per heavy atom. The average molecular weight is 415 g/mol. The van der Waals surface area contributed by atoms with Crippen LogP contribution in [0.2, 0.25) is 0 Å². The fourth-order valence-corrected chi connectivity index (χ4v) is 5.34. The molecule has 0 bridgehead atoms. The molecule has 3 aromatic heterocycles. The number of sulfonamides is 1. The predicted octanol–water partition coefficient (Wildman–Crippen LogP) is 4.19. The van der Waals surface area contributed by atoms with Gasteiger partial charge in [-0.3, -0.25) is 0 Å². The molecule has 3 heterocycles. The summed E-state index contributed by atoms with van der Waals surface area (Å²) in [6.45, 7) is 1.91. The molecule has 0 radical (unpaired) electrons. The van der Waals surface area contributed by atoms with Gasteiger partial charge in [0.05, 0.1) is 22.6 Å². The normalized spacial score (nSPS) is 12.0. The van der Waals surface area contributed by atoms with E-state index in [2.05, 4.69) is 10.1 Å². The van der Waals surface area contributed by atoms with Crippen LogP contribution in [-0.2, 0) is 16.6 Å². The first-order valence-corrected chi connectivity index (χ1v) is 10.7. The van der Waals surface area contributed by atoms with Gasteiger partial charge in [-0.25, -0.2) is 8.42 Å². The van der Waals surface area contributed by atoms with Gasteiger partial charge in [0.25, 0.3) is 5.89 Å². The largest absolute Gasteiger partial charge is 0.468 e. The monoisotopic (exact) mass is 415 g/mol. The van der Waals surface area contributed by atoms with E-state index >= 15 is 0 Å². The number of thiophene rings is 1. The molecule has 0 aliphatic heterocycles. The van der Waals surface area contributed by atoms with Gasteiger partial charge in [-0.15, -0.1) is 11.3 Å². The number of rotatable bonds is 6. The Labute approximate surface area is 166 Å². The molecule has 0 fully saturated rings. The second-order valence-electron chi connectivity index (χ2n) is 6.16. The molecule has 0 saturated heterocycles. The molecule has 0 saturated carbocycles. The van der Waals surface area contributed by atoms with Crippen molar-refractivity contribution in [2.75, 3.05) is 7.05 Å². The lowest BCUT2D eigenvalue weighted by Gasteiger charge is -2.15. The minimum absolute atomic E-state index is 0.151. The summed E-state index contributed by atoms with van der Waals surface area (Å²) in [7, 11) is -2.16. The summed E-state index contributed by atoms with van der Waals surface area (Å²) < 4.78 is 37.8. The average Bonchev–Trinajstić information content (AvgIpc) is 3.43. The molecule has 4 rings (SSSR count). The quantitative estimate of drug-likeness (QED) is 0.469. The molecule has 7 nitrogen and oxygen atoms in total. The van der Waals surface area contributed by atoms with E-state index < -0.39 is 10.0 Å². The summed E-state index contributed by atoms with van der Waals surface area (Å²) in [6.07, 6.45) is 1.52. The number of hydrogen-bond donors (Lipinski definition) is 0. The molecule has 28 heavy (non-hydrogen) atoms.